The smallest absolute Gasteiger partial charge is 0.383 e. The van der Waals surface area contributed by atoms with Gasteiger partial charge in [0.2, 0.25) is 0 Å². The van der Waals surface area contributed by atoms with Crippen molar-refractivity contribution in [1.29, 1.82) is 0 Å². The summed E-state index contributed by atoms with van der Waals surface area (Å²) in [6.45, 7) is 2.06. The van der Waals surface area contributed by atoms with Gasteiger partial charge in [0.15, 0.2) is 0 Å². The van der Waals surface area contributed by atoms with Gasteiger partial charge in [0.1, 0.15) is 0 Å². The number of alkyl halides is 3. The molecule has 0 bridgehead atoms. The zero-order valence-electron chi connectivity index (χ0n) is 7.65. The van der Waals surface area contributed by atoms with Crippen molar-refractivity contribution in [3.05, 3.63) is 0 Å². The molecule has 0 rings (SSSR count). The Balaban J connectivity index is 3.25. The summed E-state index contributed by atoms with van der Waals surface area (Å²) in [6, 6.07) is 0.0295. The van der Waals surface area contributed by atoms with E-state index in [1.165, 1.54) is 7.11 Å². The van der Waals surface area contributed by atoms with Crippen molar-refractivity contribution in [3.63, 3.8) is 0 Å². The van der Waals surface area contributed by atoms with Crippen LogP contribution in [0, 0.1) is 0 Å². The molecule has 80 valence electrons. The minimum absolute atomic E-state index is 0.0295. The average Bonchev–Trinajstić information content (AvgIpc) is 1.97. The van der Waals surface area contributed by atoms with E-state index in [9.17, 15) is 13.2 Å². The van der Waals surface area contributed by atoms with Gasteiger partial charge in [0.05, 0.1) is 13.2 Å². The summed E-state index contributed by atoms with van der Waals surface area (Å²) >= 11 is 0. The molecule has 0 fully saturated rings. The summed E-state index contributed by atoms with van der Waals surface area (Å²) in [5, 5.41) is 2.81. The molecule has 0 aromatic carbocycles. The fourth-order valence-corrected chi connectivity index (χ4v) is 0.781. The Hall–Kier alpha value is -0.330. The van der Waals surface area contributed by atoms with Crippen molar-refractivity contribution in [3.8, 4) is 0 Å². The summed E-state index contributed by atoms with van der Waals surface area (Å²) < 4.78 is 42.7. The molecule has 1 unspecified atom stereocenters. The first-order valence-electron chi connectivity index (χ1n) is 3.88. The van der Waals surface area contributed by atoms with Crippen LogP contribution in [0.5, 0.6) is 0 Å². The summed E-state index contributed by atoms with van der Waals surface area (Å²) in [5.74, 6) is 0. The fraction of sp³-hybridized carbons (Fsp3) is 1.00. The third kappa shape index (κ3) is 9.59. The molecule has 0 aliphatic rings. The molecule has 0 saturated carbocycles. The zero-order chi connectivity index (χ0) is 10.3. The van der Waals surface area contributed by atoms with Crippen LogP contribution < -0.4 is 5.32 Å². The first-order chi connectivity index (χ1) is 5.95. The average molecular weight is 201 g/mol. The van der Waals surface area contributed by atoms with Crippen LogP contribution in [-0.4, -0.2) is 39.3 Å². The third-order valence-electron chi connectivity index (χ3n) is 1.28. The van der Waals surface area contributed by atoms with E-state index >= 15 is 0 Å². The van der Waals surface area contributed by atoms with Crippen LogP contribution in [0.15, 0.2) is 0 Å². The van der Waals surface area contributed by atoms with Gasteiger partial charge in [-0.25, -0.2) is 0 Å². The Morgan fingerprint density at radius 1 is 1.38 bits per heavy atom. The fourth-order valence-electron chi connectivity index (χ4n) is 0.781. The van der Waals surface area contributed by atoms with Gasteiger partial charge in [-0.2, -0.15) is 0 Å². The lowest BCUT2D eigenvalue weighted by Gasteiger charge is -2.13. The van der Waals surface area contributed by atoms with Crippen molar-refractivity contribution >= 4 is 0 Å². The lowest BCUT2D eigenvalue weighted by atomic mass is 10.3. The summed E-state index contributed by atoms with van der Waals surface area (Å²) in [6.07, 6.45) is -4.54. The molecule has 0 heterocycles. The molecule has 3 nitrogen and oxygen atoms in total. The molecule has 0 aromatic rings. The van der Waals surface area contributed by atoms with Crippen LogP contribution in [0.2, 0.25) is 0 Å². The van der Waals surface area contributed by atoms with E-state index in [1.54, 1.807) is 0 Å². The largest absolute Gasteiger partial charge is 0.522 e. The van der Waals surface area contributed by atoms with E-state index in [-0.39, 0.29) is 19.2 Å². The molecule has 0 aliphatic heterocycles. The van der Waals surface area contributed by atoms with Crippen LogP contribution >= 0.6 is 0 Å². The number of methoxy groups -OCH3 is 1. The lowest BCUT2D eigenvalue weighted by molar-refractivity contribution is -0.323. The van der Waals surface area contributed by atoms with E-state index in [1.807, 2.05) is 6.92 Å². The highest BCUT2D eigenvalue weighted by atomic mass is 19.4. The molecule has 0 saturated heterocycles. The molecule has 1 atom stereocenters. The van der Waals surface area contributed by atoms with Gasteiger partial charge in [-0.3, -0.25) is 4.74 Å². The van der Waals surface area contributed by atoms with Crippen molar-refractivity contribution < 1.29 is 22.6 Å². The van der Waals surface area contributed by atoms with Gasteiger partial charge in [-0.1, -0.05) is 0 Å². The molecule has 1 N–H and O–H groups in total. The first kappa shape index (κ1) is 12.7. The Kier molecular flexibility index (Phi) is 6.02. The number of hydrogen-bond donors (Lipinski definition) is 1. The second-order valence-corrected chi connectivity index (χ2v) is 2.60. The minimum atomic E-state index is -4.54. The van der Waals surface area contributed by atoms with Crippen LogP contribution in [0.4, 0.5) is 13.2 Å². The van der Waals surface area contributed by atoms with E-state index < -0.39 is 6.36 Å². The highest BCUT2D eigenvalue weighted by molar-refractivity contribution is 4.57. The standard InChI is InChI=1S/C7H14F3NO2/c1-6(5-12-2)11-3-4-13-7(8,9)10/h6,11H,3-5H2,1-2H3. The Bertz CT molecular complexity index is 129. The molecular weight excluding hydrogens is 187 g/mol. The van der Waals surface area contributed by atoms with Crippen LogP contribution in [0.1, 0.15) is 6.92 Å². The van der Waals surface area contributed by atoms with E-state index in [2.05, 4.69) is 10.1 Å². The molecular formula is C7H14F3NO2. The predicted octanol–water partition coefficient (Wildman–Crippen LogP) is 1.15. The molecule has 0 aromatic heterocycles. The van der Waals surface area contributed by atoms with Crippen LogP contribution in [-0.2, 0) is 9.47 Å². The van der Waals surface area contributed by atoms with Crippen LogP contribution in [0.25, 0.3) is 0 Å². The van der Waals surface area contributed by atoms with Gasteiger partial charge in [-0.05, 0) is 6.92 Å². The number of rotatable bonds is 6. The maximum atomic E-state index is 11.5. The topological polar surface area (TPSA) is 30.5 Å². The predicted molar refractivity (Wildman–Crippen MR) is 41.3 cm³/mol. The Morgan fingerprint density at radius 3 is 2.46 bits per heavy atom. The Morgan fingerprint density at radius 2 is 2.00 bits per heavy atom. The first-order valence-corrected chi connectivity index (χ1v) is 3.88. The number of ether oxygens (including phenoxy) is 2. The molecule has 6 heteroatoms. The molecule has 0 amide bonds. The second kappa shape index (κ2) is 6.17. The van der Waals surface area contributed by atoms with E-state index in [0.717, 1.165) is 0 Å². The maximum absolute atomic E-state index is 11.5. The van der Waals surface area contributed by atoms with Crippen LogP contribution in [0.3, 0.4) is 0 Å². The monoisotopic (exact) mass is 201 g/mol. The number of halogens is 3. The van der Waals surface area contributed by atoms with E-state index in [4.69, 9.17) is 4.74 Å². The highest BCUT2D eigenvalue weighted by Gasteiger charge is 2.28. The van der Waals surface area contributed by atoms with Gasteiger partial charge >= 0.3 is 6.36 Å². The van der Waals surface area contributed by atoms with Gasteiger partial charge < -0.3 is 10.1 Å². The van der Waals surface area contributed by atoms with Gasteiger partial charge in [-0.15, -0.1) is 13.2 Å². The SMILES string of the molecule is COCC(C)NCCOC(F)(F)F. The van der Waals surface area contributed by atoms with Gasteiger partial charge in [0, 0.05) is 19.7 Å². The molecule has 0 spiro atoms. The van der Waals surface area contributed by atoms with E-state index in [0.29, 0.717) is 6.61 Å². The summed E-state index contributed by atoms with van der Waals surface area (Å²) in [7, 11) is 1.53. The lowest BCUT2D eigenvalue weighted by Crippen LogP contribution is -2.34. The Labute approximate surface area is 75.2 Å². The number of hydrogen-bond acceptors (Lipinski definition) is 3. The van der Waals surface area contributed by atoms with Crippen molar-refractivity contribution in [2.75, 3.05) is 26.9 Å². The summed E-state index contributed by atoms with van der Waals surface area (Å²) in [4.78, 5) is 0. The zero-order valence-corrected chi connectivity index (χ0v) is 7.65. The number of nitrogens with one attached hydrogen (secondary N) is 1. The molecule has 0 radical (unpaired) electrons. The quantitative estimate of drug-likeness (QED) is 0.654. The molecule has 13 heavy (non-hydrogen) atoms. The normalized spacial score (nSPS) is 14.5. The maximum Gasteiger partial charge on any atom is 0.522 e. The third-order valence-corrected chi connectivity index (χ3v) is 1.28. The minimum Gasteiger partial charge on any atom is -0.383 e. The highest BCUT2D eigenvalue weighted by Crippen LogP contribution is 2.15. The summed E-state index contributed by atoms with van der Waals surface area (Å²) in [5.41, 5.74) is 0. The molecule has 0 aliphatic carbocycles. The van der Waals surface area contributed by atoms with Crippen molar-refractivity contribution in [2.45, 2.75) is 19.3 Å². The van der Waals surface area contributed by atoms with Crippen molar-refractivity contribution in [2.24, 2.45) is 0 Å². The second-order valence-electron chi connectivity index (χ2n) is 2.60. The van der Waals surface area contributed by atoms with Crippen molar-refractivity contribution in [1.82, 2.24) is 5.32 Å². The van der Waals surface area contributed by atoms with Gasteiger partial charge in [0.25, 0.3) is 0 Å².